The molecule has 0 saturated heterocycles. The summed E-state index contributed by atoms with van der Waals surface area (Å²) in [6.07, 6.45) is 0.673. The third-order valence-corrected chi connectivity index (χ3v) is 4.37. The van der Waals surface area contributed by atoms with Crippen molar-refractivity contribution in [2.24, 2.45) is 0 Å². The maximum atomic E-state index is 12.3. The van der Waals surface area contributed by atoms with E-state index in [1.807, 2.05) is 36.4 Å². The molecule has 5 heteroatoms. The number of rotatable bonds is 4. The highest BCUT2D eigenvalue weighted by molar-refractivity contribution is 6.33. The van der Waals surface area contributed by atoms with E-state index in [1.165, 1.54) is 0 Å². The molecule has 0 bridgehead atoms. The summed E-state index contributed by atoms with van der Waals surface area (Å²) >= 11 is 6.03. The molecule has 0 aliphatic carbocycles. The predicted octanol–water partition coefficient (Wildman–Crippen LogP) is 5.29. The first-order chi connectivity index (χ1) is 12.7. The second-order valence-electron chi connectivity index (χ2n) is 5.82. The molecule has 128 valence electrons. The normalized spacial score (nSPS) is 10.8. The van der Waals surface area contributed by atoms with Gasteiger partial charge in [0.25, 0.3) is 0 Å². The number of ether oxygens (including phenoxy) is 1. The van der Waals surface area contributed by atoms with Crippen LogP contribution in [0, 0.1) is 0 Å². The van der Waals surface area contributed by atoms with E-state index >= 15 is 0 Å². The van der Waals surface area contributed by atoms with Crippen molar-refractivity contribution in [3.63, 3.8) is 0 Å². The zero-order valence-electron chi connectivity index (χ0n) is 13.7. The SMILES string of the molecule is O=C(Oc1ccc2c(Cc3ccccc3)noc2c1)c1ccccc1Cl. The minimum absolute atomic E-state index is 0.316. The molecule has 0 N–H and O–H groups in total. The second kappa shape index (κ2) is 7.02. The van der Waals surface area contributed by atoms with E-state index in [0.717, 1.165) is 16.6 Å². The number of halogens is 1. The van der Waals surface area contributed by atoms with Crippen molar-refractivity contribution in [3.05, 3.63) is 94.6 Å². The van der Waals surface area contributed by atoms with Gasteiger partial charge in [-0.2, -0.15) is 0 Å². The lowest BCUT2D eigenvalue weighted by atomic mass is 10.1. The van der Waals surface area contributed by atoms with E-state index in [1.54, 1.807) is 36.4 Å². The Kier molecular flexibility index (Phi) is 4.42. The van der Waals surface area contributed by atoms with Crippen LogP contribution in [0.3, 0.4) is 0 Å². The van der Waals surface area contributed by atoms with Gasteiger partial charge in [-0.15, -0.1) is 0 Å². The maximum absolute atomic E-state index is 12.3. The first kappa shape index (κ1) is 16.4. The molecule has 26 heavy (non-hydrogen) atoms. The van der Waals surface area contributed by atoms with Crippen LogP contribution in [0.15, 0.2) is 77.3 Å². The van der Waals surface area contributed by atoms with Gasteiger partial charge < -0.3 is 9.26 Å². The van der Waals surface area contributed by atoms with Crippen molar-refractivity contribution in [2.45, 2.75) is 6.42 Å². The molecule has 0 aliphatic heterocycles. The molecular formula is C21H14ClNO3. The van der Waals surface area contributed by atoms with E-state index in [9.17, 15) is 4.79 Å². The minimum Gasteiger partial charge on any atom is -0.423 e. The molecule has 0 spiro atoms. The molecule has 0 aliphatic rings. The van der Waals surface area contributed by atoms with Crippen LogP contribution in [0.1, 0.15) is 21.6 Å². The third kappa shape index (κ3) is 3.32. The first-order valence-corrected chi connectivity index (χ1v) is 8.47. The van der Waals surface area contributed by atoms with Crippen LogP contribution in [-0.4, -0.2) is 11.1 Å². The van der Waals surface area contributed by atoms with Gasteiger partial charge in [0.15, 0.2) is 5.58 Å². The smallest absolute Gasteiger partial charge is 0.345 e. The van der Waals surface area contributed by atoms with Crippen LogP contribution in [0.4, 0.5) is 0 Å². The fourth-order valence-electron chi connectivity index (χ4n) is 2.74. The molecule has 0 unspecified atom stereocenters. The Morgan fingerprint density at radius 3 is 2.58 bits per heavy atom. The average molecular weight is 364 g/mol. The predicted molar refractivity (Wildman–Crippen MR) is 99.7 cm³/mol. The van der Waals surface area contributed by atoms with Crippen molar-refractivity contribution in [2.75, 3.05) is 0 Å². The van der Waals surface area contributed by atoms with Gasteiger partial charge in [0, 0.05) is 17.9 Å². The number of fused-ring (bicyclic) bond motifs is 1. The van der Waals surface area contributed by atoms with E-state index in [4.69, 9.17) is 20.9 Å². The van der Waals surface area contributed by atoms with Crippen LogP contribution in [0.5, 0.6) is 5.75 Å². The molecule has 4 nitrogen and oxygen atoms in total. The quantitative estimate of drug-likeness (QED) is 0.365. The standard InChI is InChI=1S/C21H14ClNO3/c22-18-9-5-4-8-16(18)21(24)25-15-10-11-17-19(23-26-20(17)13-15)12-14-6-2-1-3-7-14/h1-11,13H,12H2. The second-order valence-corrected chi connectivity index (χ2v) is 6.23. The third-order valence-electron chi connectivity index (χ3n) is 4.04. The Balaban J connectivity index is 1.57. The molecule has 0 atom stereocenters. The summed E-state index contributed by atoms with van der Waals surface area (Å²) in [4.78, 5) is 12.3. The van der Waals surface area contributed by atoms with E-state index in [-0.39, 0.29) is 0 Å². The molecule has 1 heterocycles. The van der Waals surface area contributed by atoms with Gasteiger partial charge in [0.1, 0.15) is 5.75 Å². The largest absolute Gasteiger partial charge is 0.423 e. The van der Waals surface area contributed by atoms with Crippen molar-refractivity contribution in [1.82, 2.24) is 5.16 Å². The highest BCUT2D eigenvalue weighted by Gasteiger charge is 2.14. The number of hydrogen-bond acceptors (Lipinski definition) is 4. The summed E-state index contributed by atoms with van der Waals surface area (Å²) < 4.78 is 10.8. The van der Waals surface area contributed by atoms with E-state index in [2.05, 4.69) is 5.16 Å². The Labute approximate surface area is 155 Å². The van der Waals surface area contributed by atoms with Gasteiger partial charge in [-0.3, -0.25) is 0 Å². The van der Waals surface area contributed by atoms with Crippen LogP contribution in [-0.2, 0) is 6.42 Å². The fraction of sp³-hybridized carbons (Fsp3) is 0.0476. The number of hydrogen-bond donors (Lipinski definition) is 0. The fourth-order valence-corrected chi connectivity index (χ4v) is 2.95. The summed E-state index contributed by atoms with van der Waals surface area (Å²) in [6.45, 7) is 0. The minimum atomic E-state index is -0.515. The van der Waals surface area contributed by atoms with E-state index < -0.39 is 5.97 Å². The summed E-state index contributed by atoms with van der Waals surface area (Å²) in [5.41, 5.74) is 2.88. The molecule has 0 fully saturated rings. The summed E-state index contributed by atoms with van der Waals surface area (Å²) in [7, 11) is 0. The first-order valence-electron chi connectivity index (χ1n) is 8.09. The number of benzene rings is 3. The summed E-state index contributed by atoms with van der Waals surface area (Å²) in [6, 6.07) is 22.0. The van der Waals surface area contributed by atoms with Crippen LogP contribution in [0.2, 0.25) is 5.02 Å². The number of esters is 1. The van der Waals surface area contributed by atoms with Crippen molar-refractivity contribution >= 4 is 28.5 Å². The highest BCUT2D eigenvalue weighted by atomic mass is 35.5. The number of aromatic nitrogens is 1. The van der Waals surface area contributed by atoms with Gasteiger partial charge in [0.2, 0.25) is 0 Å². The van der Waals surface area contributed by atoms with E-state index in [0.29, 0.717) is 28.3 Å². The lowest BCUT2D eigenvalue weighted by molar-refractivity contribution is 0.0735. The summed E-state index contributed by atoms with van der Waals surface area (Å²) in [5, 5.41) is 5.39. The van der Waals surface area contributed by atoms with Crippen LogP contribution in [0.25, 0.3) is 11.0 Å². The molecule has 0 saturated carbocycles. The Bertz CT molecular complexity index is 1070. The van der Waals surface area contributed by atoms with Crippen molar-refractivity contribution in [3.8, 4) is 5.75 Å². The number of nitrogens with zero attached hydrogens (tertiary/aromatic N) is 1. The lowest BCUT2D eigenvalue weighted by Gasteiger charge is -2.05. The lowest BCUT2D eigenvalue weighted by Crippen LogP contribution is -2.08. The molecule has 0 radical (unpaired) electrons. The number of carbonyl (C=O) groups is 1. The molecule has 1 aromatic heterocycles. The highest BCUT2D eigenvalue weighted by Crippen LogP contribution is 2.26. The van der Waals surface area contributed by atoms with Gasteiger partial charge >= 0.3 is 5.97 Å². The van der Waals surface area contributed by atoms with Gasteiger partial charge in [-0.1, -0.05) is 59.2 Å². The zero-order valence-corrected chi connectivity index (χ0v) is 14.4. The van der Waals surface area contributed by atoms with Gasteiger partial charge in [-0.05, 0) is 29.8 Å². The van der Waals surface area contributed by atoms with Gasteiger partial charge in [0.05, 0.1) is 16.3 Å². The van der Waals surface area contributed by atoms with Crippen LogP contribution < -0.4 is 4.74 Å². The topological polar surface area (TPSA) is 52.3 Å². The number of carbonyl (C=O) groups excluding carboxylic acids is 1. The molecule has 3 aromatic carbocycles. The van der Waals surface area contributed by atoms with Crippen molar-refractivity contribution in [1.29, 1.82) is 0 Å². The Hall–Kier alpha value is -3.11. The zero-order chi connectivity index (χ0) is 17.9. The van der Waals surface area contributed by atoms with Crippen molar-refractivity contribution < 1.29 is 14.1 Å². The molecule has 0 amide bonds. The molecule has 4 aromatic rings. The Morgan fingerprint density at radius 2 is 1.77 bits per heavy atom. The average Bonchev–Trinajstić information content (AvgIpc) is 3.05. The molecular weight excluding hydrogens is 350 g/mol. The van der Waals surface area contributed by atoms with Gasteiger partial charge in [-0.25, -0.2) is 4.79 Å². The van der Waals surface area contributed by atoms with Crippen LogP contribution >= 0.6 is 11.6 Å². The molecule has 4 rings (SSSR count). The summed E-state index contributed by atoms with van der Waals surface area (Å²) in [5.74, 6) is -0.135. The monoisotopic (exact) mass is 363 g/mol. The Morgan fingerprint density at radius 1 is 1.00 bits per heavy atom. The maximum Gasteiger partial charge on any atom is 0.345 e.